The highest BCUT2D eigenvalue weighted by molar-refractivity contribution is 7.21. The number of allylic oxidation sites excluding steroid dienone is 1. The van der Waals surface area contributed by atoms with Gasteiger partial charge in [-0.25, -0.2) is 4.98 Å². The molecule has 0 atom stereocenters. The van der Waals surface area contributed by atoms with Gasteiger partial charge in [0.25, 0.3) is 0 Å². The zero-order valence-corrected chi connectivity index (χ0v) is 25.2. The number of para-hydroxylation sites is 1. The number of rotatable bonds is 11. The Balaban J connectivity index is 1.23. The standard InChI is InChI=1S/C35H33NO5S/c1-22-10-13-26(35-36-28-8-6-7-9-34(28)42-35)20-31(22)40-16-17-41-33-19-25(12-15-30(33)38-4)11-14-29(37)27-18-23(2)24(3)32(21-27)39-5/h6-15,18-21H,16-17H2,1-5H3/b14-11+. The largest absolute Gasteiger partial charge is 0.496 e. The van der Waals surface area contributed by atoms with Gasteiger partial charge in [-0.3, -0.25) is 4.79 Å². The van der Waals surface area contributed by atoms with Crippen molar-refractivity contribution in [1.82, 2.24) is 4.98 Å². The van der Waals surface area contributed by atoms with E-state index in [1.54, 1.807) is 43.8 Å². The maximum absolute atomic E-state index is 12.9. The third-order valence-electron chi connectivity index (χ3n) is 7.07. The molecule has 1 heterocycles. The maximum Gasteiger partial charge on any atom is 0.185 e. The van der Waals surface area contributed by atoms with Crippen LogP contribution >= 0.6 is 11.3 Å². The van der Waals surface area contributed by atoms with E-state index in [0.717, 1.165) is 48.8 Å². The molecular weight excluding hydrogens is 546 g/mol. The van der Waals surface area contributed by atoms with Crippen molar-refractivity contribution in [3.05, 3.63) is 107 Å². The molecule has 0 amide bonds. The highest BCUT2D eigenvalue weighted by Crippen LogP contribution is 2.33. The van der Waals surface area contributed by atoms with Crippen LogP contribution in [0, 0.1) is 20.8 Å². The predicted molar refractivity (Wildman–Crippen MR) is 170 cm³/mol. The highest BCUT2D eigenvalue weighted by Gasteiger charge is 2.12. The van der Waals surface area contributed by atoms with Crippen LogP contribution in [0.1, 0.15) is 32.6 Å². The summed E-state index contributed by atoms with van der Waals surface area (Å²) < 4.78 is 24.2. The molecule has 0 radical (unpaired) electrons. The van der Waals surface area contributed by atoms with Gasteiger partial charge in [-0.1, -0.05) is 36.4 Å². The fourth-order valence-electron chi connectivity index (χ4n) is 4.55. The van der Waals surface area contributed by atoms with Crippen molar-refractivity contribution in [2.24, 2.45) is 0 Å². The molecule has 6 nitrogen and oxygen atoms in total. The number of ketones is 1. The minimum atomic E-state index is -0.105. The minimum Gasteiger partial charge on any atom is -0.496 e. The molecule has 0 aliphatic rings. The van der Waals surface area contributed by atoms with Gasteiger partial charge in [-0.05, 0) is 91.6 Å². The van der Waals surface area contributed by atoms with Crippen LogP contribution in [0.2, 0.25) is 0 Å². The van der Waals surface area contributed by atoms with Gasteiger partial charge in [-0.15, -0.1) is 11.3 Å². The summed E-state index contributed by atoms with van der Waals surface area (Å²) in [5, 5.41) is 0.960. The van der Waals surface area contributed by atoms with Gasteiger partial charge < -0.3 is 18.9 Å². The second-order valence-electron chi connectivity index (χ2n) is 9.89. The van der Waals surface area contributed by atoms with Crippen LogP contribution in [0.25, 0.3) is 26.9 Å². The lowest BCUT2D eigenvalue weighted by molar-refractivity contribution is 0.104. The van der Waals surface area contributed by atoms with Gasteiger partial charge in [0.05, 0.1) is 24.4 Å². The lowest BCUT2D eigenvalue weighted by atomic mass is 10.0. The molecule has 0 bridgehead atoms. The van der Waals surface area contributed by atoms with Gasteiger partial charge in [0.15, 0.2) is 17.3 Å². The Morgan fingerprint density at radius 3 is 2.31 bits per heavy atom. The first-order valence-corrected chi connectivity index (χ1v) is 14.5. The van der Waals surface area contributed by atoms with Crippen molar-refractivity contribution in [3.63, 3.8) is 0 Å². The first kappa shape index (κ1) is 28.9. The van der Waals surface area contributed by atoms with E-state index >= 15 is 0 Å². The van der Waals surface area contributed by atoms with Crippen molar-refractivity contribution < 1.29 is 23.7 Å². The molecule has 0 N–H and O–H groups in total. The van der Waals surface area contributed by atoms with E-state index in [-0.39, 0.29) is 5.78 Å². The molecule has 1 aromatic heterocycles. The summed E-state index contributed by atoms with van der Waals surface area (Å²) >= 11 is 1.67. The van der Waals surface area contributed by atoms with E-state index in [1.165, 1.54) is 0 Å². The smallest absolute Gasteiger partial charge is 0.185 e. The topological polar surface area (TPSA) is 66.9 Å². The zero-order chi connectivity index (χ0) is 29.6. The second-order valence-corrected chi connectivity index (χ2v) is 10.9. The summed E-state index contributed by atoms with van der Waals surface area (Å²) in [6.45, 7) is 6.63. The Hall–Kier alpha value is -4.62. The van der Waals surface area contributed by atoms with Crippen molar-refractivity contribution in [2.45, 2.75) is 20.8 Å². The molecule has 0 fully saturated rings. The third kappa shape index (κ3) is 6.47. The molecule has 0 saturated carbocycles. The monoisotopic (exact) mass is 579 g/mol. The number of carbonyl (C=O) groups excluding carboxylic acids is 1. The lowest BCUT2D eigenvalue weighted by Crippen LogP contribution is -2.10. The Morgan fingerprint density at radius 1 is 0.786 bits per heavy atom. The summed E-state index contributed by atoms with van der Waals surface area (Å²) in [7, 11) is 3.21. The molecule has 7 heteroatoms. The maximum atomic E-state index is 12.9. The number of carbonyl (C=O) groups is 1. The zero-order valence-electron chi connectivity index (χ0n) is 24.4. The van der Waals surface area contributed by atoms with Crippen LogP contribution in [0.5, 0.6) is 23.0 Å². The summed E-state index contributed by atoms with van der Waals surface area (Å²) in [6, 6.07) is 23.5. The molecule has 0 aliphatic heterocycles. The van der Waals surface area contributed by atoms with Crippen LogP contribution in [0.4, 0.5) is 0 Å². The molecule has 0 saturated heterocycles. The Labute approximate surface area is 250 Å². The van der Waals surface area contributed by atoms with Crippen molar-refractivity contribution in [3.8, 4) is 33.6 Å². The molecule has 214 valence electrons. The molecular formula is C35H33NO5S. The quantitative estimate of drug-likeness (QED) is 0.0892. The van der Waals surface area contributed by atoms with Gasteiger partial charge in [-0.2, -0.15) is 0 Å². The van der Waals surface area contributed by atoms with E-state index in [1.807, 2.05) is 75.4 Å². The van der Waals surface area contributed by atoms with Crippen molar-refractivity contribution in [1.29, 1.82) is 0 Å². The number of ether oxygens (including phenoxy) is 4. The molecule has 0 unspecified atom stereocenters. The summed E-state index contributed by atoms with van der Waals surface area (Å²) in [4.78, 5) is 17.6. The van der Waals surface area contributed by atoms with Crippen LogP contribution < -0.4 is 18.9 Å². The highest BCUT2D eigenvalue weighted by atomic mass is 32.1. The molecule has 0 aliphatic carbocycles. The van der Waals surface area contributed by atoms with Gasteiger partial charge >= 0.3 is 0 Å². The predicted octanol–water partition coefficient (Wildman–Crippen LogP) is 8.26. The number of aryl methyl sites for hydroxylation is 2. The Morgan fingerprint density at radius 2 is 1.55 bits per heavy atom. The van der Waals surface area contributed by atoms with Gasteiger partial charge in [0.2, 0.25) is 0 Å². The van der Waals surface area contributed by atoms with Crippen LogP contribution in [0.3, 0.4) is 0 Å². The summed E-state index contributed by atoms with van der Waals surface area (Å²) in [5.41, 5.74) is 6.48. The molecule has 5 rings (SSSR count). The Kier molecular flexibility index (Phi) is 8.88. The van der Waals surface area contributed by atoms with E-state index < -0.39 is 0 Å². The number of benzene rings is 4. The van der Waals surface area contributed by atoms with Crippen molar-refractivity contribution in [2.75, 3.05) is 27.4 Å². The normalized spacial score (nSPS) is 11.2. The van der Waals surface area contributed by atoms with Gasteiger partial charge in [0.1, 0.15) is 29.7 Å². The minimum absolute atomic E-state index is 0.105. The SMILES string of the molecule is COc1ccc(/C=C/C(=O)c2cc(C)c(C)c(OC)c2)cc1OCCOc1cc(-c2nc3ccccc3s2)ccc1C. The van der Waals surface area contributed by atoms with Crippen LogP contribution in [-0.4, -0.2) is 38.2 Å². The Bertz CT molecular complexity index is 1740. The van der Waals surface area contributed by atoms with Crippen LogP contribution in [-0.2, 0) is 0 Å². The first-order chi connectivity index (χ1) is 20.4. The fourth-order valence-corrected chi connectivity index (χ4v) is 5.51. The molecule has 5 aromatic rings. The molecule has 4 aromatic carbocycles. The van der Waals surface area contributed by atoms with Crippen LogP contribution in [0.15, 0.2) is 78.9 Å². The third-order valence-corrected chi connectivity index (χ3v) is 8.15. The summed E-state index contributed by atoms with van der Waals surface area (Å²) in [6.07, 6.45) is 3.32. The van der Waals surface area contributed by atoms with E-state index in [0.29, 0.717) is 36.0 Å². The summed E-state index contributed by atoms with van der Waals surface area (Å²) in [5.74, 6) is 2.56. The number of methoxy groups -OCH3 is 2. The molecule has 42 heavy (non-hydrogen) atoms. The number of hydrogen-bond acceptors (Lipinski definition) is 7. The van der Waals surface area contributed by atoms with E-state index in [9.17, 15) is 4.79 Å². The average molecular weight is 580 g/mol. The lowest BCUT2D eigenvalue weighted by Gasteiger charge is -2.13. The second kappa shape index (κ2) is 12.9. The number of hydrogen-bond donors (Lipinski definition) is 0. The molecule has 0 spiro atoms. The number of fused-ring (bicyclic) bond motifs is 1. The van der Waals surface area contributed by atoms with E-state index in [2.05, 4.69) is 12.1 Å². The first-order valence-electron chi connectivity index (χ1n) is 13.6. The van der Waals surface area contributed by atoms with E-state index in [4.69, 9.17) is 23.9 Å². The van der Waals surface area contributed by atoms with Gasteiger partial charge in [0, 0.05) is 11.1 Å². The average Bonchev–Trinajstić information content (AvgIpc) is 3.44. The fraction of sp³-hybridized carbons (Fsp3) is 0.200. The number of aromatic nitrogens is 1. The number of thiazole rings is 1. The number of nitrogens with zero attached hydrogens (tertiary/aromatic N) is 1. The van der Waals surface area contributed by atoms with Crippen molar-refractivity contribution >= 4 is 33.4 Å².